The molecule has 1 atom stereocenters. The van der Waals surface area contributed by atoms with Crippen LogP contribution < -0.4 is 10.4 Å². The van der Waals surface area contributed by atoms with Gasteiger partial charge in [-0.2, -0.15) is 0 Å². The Balaban J connectivity index is 2.28. The van der Waals surface area contributed by atoms with Gasteiger partial charge in [0.05, 0.1) is 25.0 Å². The number of hydrogen-bond donors (Lipinski definition) is 1. The second-order valence-corrected chi connectivity index (χ2v) is 13.5. The molecule has 0 heterocycles. The Morgan fingerprint density at radius 3 is 1.97 bits per heavy atom. The second-order valence-electron chi connectivity index (χ2n) is 9.18. The molecule has 0 saturated carbocycles. The zero-order chi connectivity index (χ0) is 23.7. The van der Waals surface area contributed by atoms with Crippen molar-refractivity contribution in [2.24, 2.45) is 5.41 Å². The molecule has 0 saturated heterocycles. The highest BCUT2D eigenvalue weighted by Crippen LogP contribution is 2.37. The third-order valence-corrected chi connectivity index (χ3v) is 11.0. The molecule has 5 heteroatoms. The van der Waals surface area contributed by atoms with Crippen LogP contribution in [0.3, 0.4) is 0 Å². The van der Waals surface area contributed by atoms with Crippen molar-refractivity contribution in [1.29, 1.82) is 0 Å². The fraction of sp³-hybridized carbons (Fsp3) is 0.444. The Labute approximate surface area is 194 Å². The van der Waals surface area contributed by atoms with Gasteiger partial charge in [-0.15, -0.1) is 6.42 Å². The van der Waals surface area contributed by atoms with Crippen molar-refractivity contribution in [2.75, 3.05) is 19.8 Å². The average Bonchev–Trinajstić information content (AvgIpc) is 2.79. The Morgan fingerprint density at radius 2 is 1.56 bits per heavy atom. The van der Waals surface area contributed by atoms with E-state index in [0.717, 1.165) is 0 Å². The molecule has 0 aromatic heterocycles. The van der Waals surface area contributed by atoms with Crippen LogP contribution in [0.5, 0.6) is 0 Å². The monoisotopic (exact) mass is 452 g/mol. The minimum atomic E-state index is -2.62. The number of hydrogen-bond acceptors (Lipinski definition) is 4. The van der Waals surface area contributed by atoms with Crippen molar-refractivity contribution in [3.8, 4) is 12.3 Å². The minimum absolute atomic E-state index is 0.00700. The van der Waals surface area contributed by atoms with Crippen molar-refractivity contribution in [3.63, 3.8) is 0 Å². The van der Waals surface area contributed by atoms with Gasteiger partial charge in [-0.25, -0.2) is 0 Å². The maximum Gasteiger partial charge on any atom is 0.307 e. The molecule has 2 rings (SSSR count). The van der Waals surface area contributed by atoms with Crippen LogP contribution in [0.4, 0.5) is 0 Å². The number of benzene rings is 2. The quantitative estimate of drug-likeness (QED) is 0.243. The number of carbonyl (C=O) groups excluding carboxylic acids is 1. The first-order chi connectivity index (χ1) is 15.2. The van der Waals surface area contributed by atoms with Crippen molar-refractivity contribution >= 4 is 24.7 Å². The summed E-state index contributed by atoms with van der Waals surface area (Å²) in [5, 5.41) is 12.3. The van der Waals surface area contributed by atoms with Crippen LogP contribution in [-0.2, 0) is 14.0 Å². The fourth-order valence-electron chi connectivity index (χ4n) is 4.28. The zero-order valence-corrected chi connectivity index (χ0v) is 20.8. The Hall–Kier alpha value is -2.39. The number of carbonyl (C=O) groups is 1. The number of rotatable bonds is 11. The smallest absolute Gasteiger partial charge is 0.307 e. The maximum absolute atomic E-state index is 12.0. The average molecular weight is 453 g/mol. The summed E-state index contributed by atoms with van der Waals surface area (Å²) < 4.78 is 11.9. The molecule has 32 heavy (non-hydrogen) atoms. The summed E-state index contributed by atoms with van der Waals surface area (Å²) in [4.78, 5) is 12.0. The van der Waals surface area contributed by atoms with Crippen LogP contribution in [0.25, 0.3) is 0 Å². The molecule has 0 aliphatic heterocycles. The molecule has 0 unspecified atom stereocenters. The lowest BCUT2D eigenvalue weighted by atomic mass is 9.82. The van der Waals surface area contributed by atoms with Crippen LogP contribution >= 0.6 is 0 Å². The Kier molecular flexibility index (Phi) is 9.27. The topological polar surface area (TPSA) is 55.8 Å². The van der Waals surface area contributed by atoms with Crippen molar-refractivity contribution in [2.45, 2.75) is 52.0 Å². The summed E-state index contributed by atoms with van der Waals surface area (Å²) in [7, 11) is -2.62. The third kappa shape index (κ3) is 5.89. The highest BCUT2D eigenvalue weighted by Gasteiger charge is 2.50. The zero-order valence-electron chi connectivity index (χ0n) is 19.8. The summed E-state index contributed by atoms with van der Waals surface area (Å²) in [6.07, 6.45) is 6.86. The molecule has 172 valence electrons. The summed E-state index contributed by atoms with van der Waals surface area (Å²) in [5.74, 6) is 2.27. The van der Waals surface area contributed by atoms with Gasteiger partial charge in [-0.3, -0.25) is 4.79 Å². The molecule has 4 nitrogen and oxygen atoms in total. The summed E-state index contributed by atoms with van der Waals surface area (Å²) in [5.41, 5.74) is -0.930. The van der Waals surface area contributed by atoms with Gasteiger partial charge in [0.15, 0.2) is 0 Å². The first kappa shape index (κ1) is 25.9. The number of aliphatic hydroxyl groups excluding tert-OH is 1. The van der Waals surface area contributed by atoms with Crippen molar-refractivity contribution in [3.05, 3.63) is 60.7 Å². The van der Waals surface area contributed by atoms with Gasteiger partial charge < -0.3 is 14.3 Å². The van der Waals surface area contributed by atoms with E-state index in [9.17, 15) is 9.90 Å². The van der Waals surface area contributed by atoms with E-state index in [2.05, 4.69) is 75.2 Å². The molecule has 0 aliphatic carbocycles. The predicted octanol–water partition coefficient (Wildman–Crippen LogP) is 3.91. The van der Waals surface area contributed by atoms with E-state index in [4.69, 9.17) is 15.6 Å². The predicted molar refractivity (Wildman–Crippen MR) is 132 cm³/mol. The van der Waals surface area contributed by atoms with Gasteiger partial charge >= 0.3 is 5.97 Å². The van der Waals surface area contributed by atoms with Crippen LogP contribution in [0.15, 0.2) is 60.7 Å². The van der Waals surface area contributed by atoms with Gasteiger partial charge in [-0.1, -0.05) is 87.4 Å². The van der Waals surface area contributed by atoms with E-state index in [1.807, 2.05) is 12.1 Å². The number of ether oxygens (including phenoxy) is 1. The standard InChI is InChI=1S/C27H36O4Si/c1-6-27(22-28,21-25(29)30-7-2)19-14-20-31-32(26(3,4)5,23-15-10-8-11-16-23)24-17-12-9-13-18-24/h1,8-13,15-18,28H,7,14,19-22H2,2-5H3/t27-/m0/s1. The molecule has 0 amide bonds. The van der Waals surface area contributed by atoms with Crippen LogP contribution in [-0.4, -0.2) is 39.2 Å². The van der Waals surface area contributed by atoms with E-state index < -0.39 is 13.7 Å². The van der Waals surface area contributed by atoms with Gasteiger partial charge in [0.2, 0.25) is 0 Å². The number of terminal acetylenes is 1. The molecular weight excluding hydrogens is 416 g/mol. The van der Waals surface area contributed by atoms with Gasteiger partial charge in [-0.05, 0) is 35.2 Å². The number of esters is 1. The molecule has 2 aromatic rings. The fourth-order valence-corrected chi connectivity index (χ4v) is 8.88. The Bertz CT molecular complexity index is 844. The molecule has 0 aliphatic rings. The van der Waals surface area contributed by atoms with E-state index in [1.54, 1.807) is 6.92 Å². The van der Waals surface area contributed by atoms with Gasteiger partial charge in [0.1, 0.15) is 0 Å². The van der Waals surface area contributed by atoms with Gasteiger partial charge in [0, 0.05) is 6.61 Å². The van der Waals surface area contributed by atoms with E-state index in [0.29, 0.717) is 26.1 Å². The molecule has 0 bridgehead atoms. The molecule has 2 aromatic carbocycles. The minimum Gasteiger partial charge on any atom is -0.466 e. The van der Waals surface area contributed by atoms with Crippen LogP contribution in [0.2, 0.25) is 5.04 Å². The molecule has 0 spiro atoms. The Morgan fingerprint density at radius 1 is 1.03 bits per heavy atom. The summed E-state index contributed by atoms with van der Waals surface area (Å²) >= 11 is 0. The summed E-state index contributed by atoms with van der Waals surface area (Å²) in [6.45, 7) is 8.98. The largest absolute Gasteiger partial charge is 0.466 e. The second kappa shape index (κ2) is 11.5. The first-order valence-electron chi connectivity index (χ1n) is 11.2. The molecular formula is C27H36O4Si. The lowest BCUT2D eigenvalue weighted by Gasteiger charge is -2.43. The van der Waals surface area contributed by atoms with E-state index >= 15 is 0 Å². The highest BCUT2D eigenvalue weighted by atomic mass is 28.4. The van der Waals surface area contributed by atoms with Crippen LogP contribution in [0, 0.1) is 17.8 Å². The third-order valence-electron chi connectivity index (χ3n) is 5.93. The molecule has 0 radical (unpaired) electrons. The van der Waals surface area contributed by atoms with E-state index in [-0.39, 0.29) is 24.0 Å². The van der Waals surface area contributed by atoms with Crippen molar-refractivity contribution < 1.29 is 19.1 Å². The molecule has 1 N–H and O–H groups in total. The SMILES string of the molecule is C#C[C@](CO)(CCCO[Si](c1ccccc1)(c1ccccc1)C(C)(C)C)CC(=O)OCC. The van der Waals surface area contributed by atoms with Crippen LogP contribution in [0.1, 0.15) is 47.0 Å². The van der Waals surface area contributed by atoms with E-state index in [1.165, 1.54) is 10.4 Å². The lowest BCUT2D eigenvalue weighted by molar-refractivity contribution is -0.145. The maximum atomic E-state index is 12.0. The normalized spacial score (nSPS) is 13.8. The summed E-state index contributed by atoms with van der Waals surface area (Å²) in [6, 6.07) is 20.9. The highest BCUT2D eigenvalue weighted by molar-refractivity contribution is 6.99. The number of aliphatic hydroxyl groups is 1. The lowest BCUT2D eigenvalue weighted by Crippen LogP contribution is -2.66. The van der Waals surface area contributed by atoms with Gasteiger partial charge in [0.25, 0.3) is 8.32 Å². The first-order valence-corrected chi connectivity index (χ1v) is 13.1. The molecule has 0 fully saturated rings. The van der Waals surface area contributed by atoms with Crippen molar-refractivity contribution in [1.82, 2.24) is 0 Å².